The molecule has 1 fully saturated rings. The van der Waals surface area contributed by atoms with Crippen molar-refractivity contribution in [2.75, 3.05) is 39.4 Å². The van der Waals surface area contributed by atoms with E-state index >= 15 is 0 Å². The molecule has 4 rings (SSSR count). The molecule has 0 saturated carbocycles. The first-order chi connectivity index (χ1) is 15.0. The molecule has 0 radical (unpaired) electrons. The van der Waals surface area contributed by atoms with Crippen molar-refractivity contribution in [1.29, 1.82) is 0 Å². The zero-order valence-electron chi connectivity index (χ0n) is 16.7. The van der Waals surface area contributed by atoms with E-state index in [9.17, 15) is 14.7 Å². The maximum atomic E-state index is 13.2. The number of carbonyl (C=O) groups is 2. The number of ketones is 1. The first-order valence-electron chi connectivity index (χ1n) is 10.0. The Bertz CT molecular complexity index is 1000. The fourth-order valence-corrected chi connectivity index (χ4v) is 5.18. The number of morpholine rings is 1. The zero-order chi connectivity index (χ0) is 22.0. The third-order valence-corrected chi connectivity index (χ3v) is 6.96. The number of hydrogen-bond donors (Lipinski definition) is 1. The molecular weight excluding hydrogens is 459 g/mol. The van der Waals surface area contributed by atoms with Gasteiger partial charge in [-0.15, -0.1) is 11.3 Å². The smallest absolute Gasteiger partial charge is 0.290 e. The summed E-state index contributed by atoms with van der Waals surface area (Å²) in [5.41, 5.74) is 0.623. The van der Waals surface area contributed by atoms with Gasteiger partial charge in [0.2, 0.25) is 5.78 Å². The number of rotatable bonds is 7. The van der Waals surface area contributed by atoms with Gasteiger partial charge in [0, 0.05) is 36.2 Å². The van der Waals surface area contributed by atoms with Gasteiger partial charge in [0.25, 0.3) is 5.91 Å². The second-order valence-corrected chi connectivity index (χ2v) is 9.23. The van der Waals surface area contributed by atoms with Crippen LogP contribution in [0.4, 0.5) is 0 Å². The van der Waals surface area contributed by atoms with Crippen LogP contribution < -0.4 is 0 Å². The van der Waals surface area contributed by atoms with Crippen LogP contribution in [0.5, 0.6) is 0 Å². The molecule has 164 valence electrons. The number of halogens is 2. The number of Topliss-reactive ketones (excluding diaryl/α,β-unsaturated/α-hetero) is 1. The lowest BCUT2D eigenvalue weighted by Crippen LogP contribution is -2.39. The van der Waals surface area contributed by atoms with Crippen LogP contribution in [-0.4, -0.2) is 66.0 Å². The van der Waals surface area contributed by atoms with Crippen molar-refractivity contribution >= 4 is 46.2 Å². The normalized spacial score (nSPS) is 20.0. The molecular formula is C22H22Cl2N2O4S. The molecule has 1 N–H and O–H groups in total. The minimum absolute atomic E-state index is 0.0584. The predicted octanol–water partition coefficient (Wildman–Crippen LogP) is 4.36. The predicted molar refractivity (Wildman–Crippen MR) is 121 cm³/mol. The highest BCUT2D eigenvalue weighted by atomic mass is 35.5. The van der Waals surface area contributed by atoms with Gasteiger partial charge in [-0.1, -0.05) is 35.3 Å². The molecule has 0 aliphatic carbocycles. The Kier molecular flexibility index (Phi) is 6.99. The van der Waals surface area contributed by atoms with Gasteiger partial charge in [0.05, 0.1) is 29.7 Å². The Hall–Kier alpha value is -1.90. The number of carbonyl (C=O) groups excluding carboxylic acids is 2. The molecule has 2 aliphatic heterocycles. The highest BCUT2D eigenvalue weighted by molar-refractivity contribution is 7.12. The monoisotopic (exact) mass is 480 g/mol. The van der Waals surface area contributed by atoms with Crippen molar-refractivity contribution in [3.05, 3.63) is 67.5 Å². The summed E-state index contributed by atoms with van der Waals surface area (Å²) < 4.78 is 5.38. The lowest BCUT2D eigenvalue weighted by Gasteiger charge is -2.30. The largest absolute Gasteiger partial charge is 0.503 e. The van der Waals surface area contributed by atoms with Gasteiger partial charge in [-0.3, -0.25) is 14.5 Å². The number of nitrogens with zero attached hydrogens (tertiary/aromatic N) is 2. The van der Waals surface area contributed by atoms with E-state index in [1.807, 2.05) is 0 Å². The molecule has 1 amide bonds. The van der Waals surface area contributed by atoms with E-state index in [-0.39, 0.29) is 11.4 Å². The van der Waals surface area contributed by atoms with Crippen LogP contribution in [0.25, 0.3) is 0 Å². The molecule has 1 aromatic carbocycles. The molecule has 0 bridgehead atoms. The van der Waals surface area contributed by atoms with Gasteiger partial charge in [0.15, 0.2) is 5.76 Å². The molecule has 1 aromatic heterocycles. The van der Waals surface area contributed by atoms with Crippen molar-refractivity contribution in [1.82, 2.24) is 9.80 Å². The summed E-state index contributed by atoms with van der Waals surface area (Å²) in [4.78, 5) is 30.5. The van der Waals surface area contributed by atoms with Crippen LogP contribution in [0.2, 0.25) is 10.0 Å². The van der Waals surface area contributed by atoms with Crippen molar-refractivity contribution in [2.24, 2.45) is 0 Å². The lowest BCUT2D eigenvalue weighted by molar-refractivity contribution is -0.129. The molecule has 6 nitrogen and oxygen atoms in total. The average Bonchev–Trinajstić information content (AvgIpc) is 3.38. The van der Waals surface area contributed by atoms with Crippen LogP contribution in [-0.2, 0) is 9.53 Å². The highest BCUT2D eigenvalue weighted by Gasteiger charge is 2.44. The SMILES string of the molecule is O=C(C1=C(O)C(=O)N(CCCN2CCOCC2)[C@@H]1c1ccc(Cl)cc1Cl)c1cccs1. The Labute approximate surface area is 194 Å². The number of aliphatic hydroxyl groups excluding tert-OH is 1. The third kappa shape index (κ3) is 4.66. The Morgan fingerprint density at radius 1 is 1.19 bits per heavy atom. The van der Waals surface area contributed by atoms with E-state index < -0.39 is 17.7 Å². The number of amides is 1. The van der Waals surface area contributed by atoms with E-state index in [4.69, 9.17) is 27.9 Å². The van der Waals surface area contributed by atoms with Crippen LogP contribution in [0.3, 0.4) is 0 Å². The maximum Gasteiger partial charge on any atom is 0.290 e. The summed E-state index contributed by atoms with van der Waals surface area (Å²) in [5.74, 6) is -1.44. The standard InChI is InChI=1S/C22H22Cl2N2O4S/c23-14-4-5-15(16(24)13-14)19-18(20(27)17-3-1-12-31-17)21(28)22(29)26(19)7-2-6-25-8-10-30-11-9-25/h1,3-5,12-13,19,28H,2,6-11H2/t19-/m1/s1. The quantitative estimate of drug-likeness (QED) is 0.596. The molecule has 1 saturated heterocycles. The average molecular weight is 481 g/mol. The van der Waals surface area contributed by atoms with E-state index in [1.165, 1.54) is 16.2 Å². The lowest BCUT2D eigenvalue weighted by atomic mass is 9.95. The Morgan fingerprint density at radius 3 is 2.65 bits per heavy atom. The first kappa shape index (κ1) is 22.3. The number of benzene rings is 1. The molecule has 9 heteroatoms. The molecule has 2 aliphatic rings. The first-order valence-corrected chi connectivity index (χ1v) is 11.7. The summed E-state index contributed by atoms with van der Waals surface area (Å²) >= 11 is 13.8. The molecule has 3 heterocycles. The summed E-state index contributed by atoms with van der Waals surface area (Å²) in [6.45, 7) is 4.28. The summed E-state index contributed by atoms with van der Waals surface area (Å²) in [5, 5.41) is 13.3. The molecule has 31 heavy (non-hydrogen) atoms. The van der Waals surface area contributed by atoms with Gasteiger partial charge < -0.3 is 14.7 Å². The van der Waals surface area contributed by atoms with Crippen LogP contribution in [0, 0.1) is 0 Å². The van der Waals surface area contributed by atoms with Crippen molar-refractivity contribution < 1.29 is 19.4 Å². The fourth-order valence-electron chi connectivity index (χ4n) is 3.99. The Morgan fingerprint density at radius 2 is 1.97 bits per heavy atom. The number of ether oxygens (including phenoxy) is 1. The van der Waals surface area contributed by atoms with Gasteiger partial charge in [-0.2, -0.15) is 0 Å². The van der Waals surface area contributed by atoms with E-state index in [1.54, 1.807) is 35.7 Å². The van der Waals surface area contributed by atoms with E-state index in [0.29, 0.717) is 46.7 Å². The maximum absolute atomic E-state index is 13.2. The van der Waals surface area contributed by atoms with Crippen molar-refractivity contribution in [2.45, 2.75) is 12.5 Å². The molecule has 1 atom stereocenters. The second-order valence-electron chi connectivity index (χ2n) is 7.44. The fraction of sp³-hybridized carbons (Fsp3) is 0.364. The second kappa shape index (κ2) is 9.71. The Balaban J connectivity index is 1.63. The van der Waals surface area contributed by atoms with Crippen LogP contribution in [0.1, 0.15) is 27.7 Å². The topological polar surface area (TPSA) is 70.1 Å². The molecule has 2 aromatic rings. The molecule has 0 unspecified atom stereocenters. The highest BCUT2D eigenvalue weighted by Crippen LogP contribution is 2.42. The van der Waals surface area contributed by atoms with Crippen LogP contribution >= 0.6 is 34.5 Å². The minimum Gasteiger partial charge on any atom is -0.503 e. The molecule has 0 spiro atoms. The summed E-state index contributed by atoms with van der Waals surface area (Å²) in [6, 6.07) is 7.63. The minimum atomic E-state index is -0.767. The van der Waals surface area contributed by atoms with Gasteiger partial charge in [-0.05, 0) is 35.6 Å². The van der Waals surface area contributed by atoms with Gasteiger partial charge in [0.1, 0.15) is 0 Å². The number of aliphatic hydroxyl groups is 1. The summed E-state index contributed by atoms with van der Waals surface area (Å²) in [7, 11) is 0. The van der Waals surface area contributed by atoms with Gasteiger partial charge >= 0.3 is 0 Å². The van der Waals surface area contributed by atoms with E-state index in [0.717, 1.165) is 19.6 Å². The van der Waals surface area contributed by atoms with Crippen molar-refractivity contribution in [3.8, 4) is 0 Å². The third-order valence-electron chi connectivity index (χ3n) is 5.53. The van der Waals surface area contributed by atoms with Crippen LogP contribution in [0.15, 0.2) is 47.0 Å². The number of hydrogen-bond acceptors (Lipinski definition) is 6. The zero-order valence-corrected chi connectivity index (χ0v) is 19.1. The van der Waals surface area contributed by atoms with E-state index in [2.05, 4.69) is 4.90 Å². The van der Waals surface area contributed by atoms with Crippen molar-refractivity contribution in [3.63, 3.8) is 0 Å². The number of thiophene rings is 1. The van der Waals surface area contributed by atoms with Gasteiger partial charge in [-0.25, -0.2) is 0 Å². The summed E-state index contributed by atoms with van der Waals surface area (Å²) in [6.07, 6.45) is 0.696.